The zero-order valence-corrected chi connectivity index (χ0v) is 13.9. The number of rotatable bonds is 3. The zero-order valence-electron chi connectivity index (χ0n) is 13.1. The van der Waals surface area contributed by atoms with Crippen molar-refractivity contribution in [3.63, 3.8) is 0 Å². The van der Waals surface area contributed by atoms with Crippen LogP contribution in [0.2, 0.25) is 0 Å². The lowest BCUT2D eigenvalue weighted by molar-refractivity contribution is -0.113. The average molecular weight is 326 g/mol. The number of hydrogen-bond acceptors (Lipinski definition) is 3. The van der Waals surface area contributed by atoms with Gasteiger partial charge in [0.15, 0.2) is 0 Å². The minimum atomic E-state index is -0.175. The Morgan fingerprint density at radius 1 is 1.22 bits per heavy atom. The summed E-state index contributed by atoms with van der Waals surface area (Å²) >= 11 is 1.48. The van der Waals surface area contributed by atoms with Crippen LogP contribution in [0.3, 0.4) is 0 Å². The number of carbonyl (C=O) groups is 2. The van der Waals surface area contributed by atoms with Gasteiger partial charge in [0.1, 0.15) is 0 Å². The van der Waals surface area contributed by atoms with E-state index in [4.69, 9.17) is 0 Å². The molecule has 0 saturated carbocycles. The molecule has 4 nitrogen and oxygen atoms in total. The van der Waals surface area contributed by atoms with Crippen LogP contribution >= 0.6 is 11.8 Å². The van der Waals surface area contributed by atoms with Crippen molar-refractivity contribution in [2.45, 2.75) is 24.7 Å². The summed E-state index contributed by atoms with van der Waals surface area (Å²) < 4.78 is 0. The first-order chi connectivity index (χ1) is 11.0. The van der Waals surface area contributed by atoms with E-state index in [1.165, 1.54) is 11.8 Å². The second-order valence-electron chi connectivity index (χ2n) is 5.74. The van der Waals surface area contributed by atoms with E-state index in [2.05, 4.69) is 24.5 Å². The maximum Gasteiger partial charge on any atom is 0.255 e. The monoisotopic (exact) mass is 326 g/mol. The third kappa shape index (κ3) is 3.40. The van der Waals surface area contributed by atoms with Gasteiger partial charge in [-0.3, -0.25) is 9.59 Å². The number of nitrogens with one attached hydrogen (secondary N) is 2. The number of carbonyl (C=O) groups excluding carboxylic acids is 2. The molecule has 2 N–H and O–H groups in total. The molecule has 5 heteroatoms. The van der Waals surface area contributed by atoms with Gasteiger partial charge in [0.25, 0.3) is 5.91 Å². The lowest BCUT2D eigenvalue weighted by Crippen LogP contribution is -2.20. The molecule has 0 atom stereocenters. The van der Waals surface area contributed by atoms with E-state index in [0.29, 0.717) is 22.9 Å². The van der Waals surface area contributed by atoms with Crippen molar-refractivity contribution in [3.8, 4) is 0 Å². The predicted molar refractivity (Wildman–Crippen MR) is 94.3 cm³/mol. The molecule has 3 rings (SSSR count). The maximum atomic E-state index is 12.5. The maximum absolute atomic E-state index is 12.5. The fourth-order valence-electron chi connectivity index (χ4n) is 2.53. The average Bonchev–Trinajstić information content (AvgIpc) is 2.54. The van der Waals surface area contributed by atoms with Crippen LogP contribution in [0, 0.1) is 0 Å². The molecular formula is C18H18N2O2S. The van der Waals surface area contributed by atoms with Crippen molar-refractivity contribution in [2.24, 2.45) is 0 Å². The fraction of sp³-hybridized carbons (Fsp3) is 0.222. The Morgan fingerprint density at radius 2 is 2.00 bits per heavy atom. The van der Waals surface area contributed by atoms with Crippen LogP contribution in [0.25, 0.3) is 0 Å². The zero-order chi connectivity index (χ0) is 16.4. The van der Waals surface area contributed by atoms with Gasteiger partial charge in [-0.2, -0.15) is 0 Å². The van der Waals surface area contributed by atoms with Crippen molar-refractivity contribution in [2.75, 3.05) is 16.4 Å². The van der Waals surface area contributed by atoms with Crippen LogP contribution in [0.5, 0.6) is 0 Å². The topological polar surface area (TPSA) is 58.2 Å². The molecule has 0 saturated heterocycles. The normalized spacial score (nSPS) is 13.4. The molecule has 23 heavy (non-hydrogen) atoms. The minimum Gasteiger partial charge on any atom is -0.324 e. The number of hydrogen-bond donors (Lipinski definition) is 2. The number of benzene rings is 2. The van der Waals surface area contributed by atoms with Crippen LogP contribution in [-0.4, -0.2) is 17.6 Å². The minimum absolute atomic E-state index is 0.0368. The largest absolute Gasteiger partial charge is 0.324 e. The molecule has 0 unspecified atom stereocenters. The summed E-state index contributed by atoms with van der Waals surface area (Å²) in [6.45, 7) is 4.19. The predicted octanol–water partition coefficient (Wildman–Crippen LogP) is 4.11. The first kappa shape index (κ1) is 15.6. The van der Waals surface area contributed by atoms with Crippen LogP contribution in [0.15, 0.2) is 47.4 Å². The molecule has 2 aromatic rings. The smallest absolute Gasteiger partial charge is 0.255 e. The second kappa shape index (κ2) is 6.46. The van der Waals surface area contributed by atoms with Crippen molar-refractivity contribution in [1.82, 2.24) is 0 Å². The lowest BCUT2D eigenvalue weighted by Gasteiger charge is -2.17. The van der Waals surface area contributed by atoms with E-state index in [1.54, 1.807) is 12.1 Å². The van der Waals surface area contributed by atoms with E-state index in [-0.39, 0.29) is 11.8 Å². The number of fused-ring (bicyclic) bond motifs is 1. The van der Waals surface area contributed by atoms with Gasteiger partial charge in [-0.25, -0.2) is 0 Å². The van der Waals surface area contributed by atoms with Crippen LogP contribution in [0.1, 0.15) is 35.7 Å². The molecule has 0 spiro atoms. The van der Waals surface area contributed by atoms with Gasteiger partial charge >= 0.3 is 0 Å². The van der Waals surface area contributed by atoms with E-state index < -0.39 is 0 Å². The van der Waals surface area contributed by atoms with Gasteiger partial charge in [-0.05, 0) is 35.7 Å². The van der Waals surface area contributed by atoms with Crippen molar-refractivity contribution in [1.29, 1.82) is 0 Å². The summed E-state index contributed by atoms with van der Waals surface area (Å²) in [5.41, 5.74) is 3.16. The number of anilines is 2. The molecule has 2 aromatic carbocycles. The van der Waals surface area contributed by atoms with E-state index in [1.807, 2.05) is 30.3 Å². The molecule has 0 bridgehead atoms. The molecule has 118 valence electrons. The molecule has 0 fully saturated rings. The van der Waals surface area contributed by atoms with E-state index >= 15 is 0 Å². The summed E-state index contributed by atoms with van der Waals surface area (Å²) in [6.07, 6.45) is 0. The molecule has 1 aliphatic heterocycles. The highest BCUT2D eigenvalue weighted by Gasteiger charge is 2.18. The molecule has 0 aromatic heterocycles. The molecular weight excluding hydrogens is 308 g/mol. The Balaban J connectivity index is 1.84. The Bertz CT molecular complexity index is 771. The van der Waals surface area contributed by atoms with E-state index in [0.717, 1.165) is 16.1 Å². The lowest BCUT2D eigenvalue weighted by atomic mass is 10.0. The Kier molecular flexibility index (Phi) is 4.39. The summed E-state index contributed by atoms with van der Waals surface area (Å²) in [6, 6.07) is 13.2. The summed E-state index contributed by atoms with van der Waals surface area (Å²) in [5, 5.41) is 5.78. The highest BCUT2D eigenvalue weighted by Crippen LogP contribution is 2.32. The molecule has 2 amide bonds. The van der Waals surface area contributed by atoms with Gasteiger partial charge in [0.05, 0.1) is 11.4 Å². The van der Waals surface area contributed by atoms with Gasteiger partial charge in [0.2, 0.25) is 5.91 Å². The summed E-state index contributed by atoms with van der Waals surface area (Å²) in [7, 11) is 0. The standard InChI is InChI=1S/C18H18N2O2S/c1-11(2)13-5-3-4-6-14(13)20-18(22)12-7-8-16-15(9-12)19-17(21)10-23-16/h3-9,11H,10H2,1-2H3,(H,19,21)(H,20,22). The van der Waals surface area contributed by atoms with Gasteiger partial charge in [0, 0.05) is 16.1 Å². The van der Waals surface area contributed by atoms with E-state index in [9.17, 15) is 9.59 Å². The van der Waals surface area contributed by atoms with Crippen molar-refractivity contribution >= 4 is 35.0 Å². The fourth-order valence-corrected chi connectivity index (χ4v) is 3.32. The first-order valence-corrected chi connectivity index (χ1v) is 8.50. The third-order valence-corrected chi connectivity index (χ3v) is 4.78. The Morgan fingerprint density at radius 3 is 2.78 bits per heavy atom. The van der Waals surface area contributed by atoms with Crippen LogP contribution in [-0.2, 0) is 4.79 Å². The SMILES string of the molecule is CC(C)c1ccccc1NC(=O)c1ccc2c(c1)NC(=O)CS2. The number of thioether (sulfide) groups is 1. The Hall–Kier alpha value is -2.27. The number of para-hydroxylation sites is 1. The van der Waals surface area contributed by atoms with Gasteiger partial charge < -0.3 is 10.6 Å². The number of amides is 2. The third-order valence-electron chi connectivity index (χ3n) is 3.71. The summed E-state index contributed by atoms with van der Waals surface area (Å²) in [4.78, 5) is 25.0. The van der Waals surface area contributed by atoms with Crippen molar-refractivity contribution < 1.29 is 9.59 Å². The van der Waals surface area contributed by atoms with Crippen molar-refractivity contribution in [3.05, 3.63) is 53.6 Å². The van der Waals surface area contributed by atoms with Crippen LogP contribution < -0.4 is 10.6 Å². The first-order valence-electron chi connectivity index (χ1n) is 7.51. The summed E-state index contributed by atoms with van der Waals surface area (Å²) in [5.74, 6) is 0.530. The molecule has 0 radical (unpaired) electrons. The highest BCUT2D eigenvalue weighted by atomic mass is 32.2. The second-order valence-corrected chi connectivity index (χ2v) is 6.76. The van der Waals surface area contributed by atoms with Crippen LogP contribution in [0.4, 0.5) is 11.4 Å². The van der Waals surface area contributed by atoms with Gasteiger partial charge in [-0.15, -0.1) is 11.8 Å². The molecule has 0 aliphatic carbocycles. The quantitative estimate of drug-likeness (QED) is 0.892. The molecule has 1 heterocycles. The highest BCUT2D eigenvalue weighted by molar-refractivity contribution is 8.00. The molecule has 1 aliphatic rings. The van der Waals surface area contributed by atoms with Gasteiger partial charge in [-0.1, -0.05) is 32.0 Å². The Labute approximate surface area is 139 Å².